The van der Waals surface area contributed by atoms with Gasteiger partial charge in [0, 0.05) is 42.3 Å². The zero-order valence-electron chi connectivity index (χ0n) is 29.4. The first-order valence-electron chi connectivity index (χ1n) is 19.3. The number of thiophene rings is 1. The molecular weight excluding hydrogens is 663 g/mol. The molecule has 0 saturated heterocycles. The molecule has 0 atom stereocenters. The van der Waals surface area contributed by atoms with Gasteiger partial charge in [0.15, 0.2) is 17.5 Å². The minimum Gasteiger partial charge on any atom is -0.208 e. The summed E-state index contributed by atoms with van der Waals surface area (Å²) in [5.74, 6) is 5.46. The molecule has 53 heavy (non-hydrogen) atoms. The van der Waals surface area contributed by atoms with Gasteiger partial charge in [0.1, 0.15) is 0 Å². The highest BCUT2D eigenvalue weighted by molar-refractivity contribution is 7.25. The zero-order chi connectivity index (χ0) is 34.7. The fourth-order valence-electron chi connectivity index (χ4n) is 11.4. The van der Waals surface area contributed by atoms with Crippen LogP contribution >= 0.6 is 11.3 Å². The third-order valence-corrected chi connectivity index (χ3v) is 14.5. The number of hydrogen-bond acceptors (Lipinski definition) is 4. The van der Waals surface area contributed by atoms with Gasteiger partial charge in [-0.2, -0.15) is 0 Å². The lowest BCUT2D eigenvalue weighted by molar-refractivity contribution is -0.0399. The lowest BCUT2D eigenvalue weighted by Gasteiger charge is -2.61. The van der Waals surface area contributed by atoms with Crippen LogP contribution < -0.4 is 0 Å². The van der Waals surface area contributed by atoms with Crippen molar-refractivity contribution in [3.63, 3.8) is 0 Å². The maximum atomic E-state index is 5.21. The molecule has 4 heteroatoms. The average Bonchev–Trinajstić information content (AvgIpc) is 3.73. The molecule has 4 saturated carbocycles. The van der Waals surface area contributed by atoms with Crippen LogP contribution in [0.25, 0.3) is 76.6 Å². The molecule has 5 aliphatic carbocycles. The summed E-state index contributed by atoms with van der Waals surface area (Å²) in [5, 5.41) is 2.63. The Morgan fingerprint density at radius 1 is 0.415 bits per heavy atom. The Bertz CT molecular complexity index is 2720. The Morgan fingerprint density at radius 3 is 1.75 bits per heavy atom. The van der Waals surface area contributed by atoms with E-state index in [-0.39, 0.29) is 5.41 Å². The Kier molecular flexibility index (Phi) is 6.39. The average molecular weight is 700 g/mol. The van der Waals surface area contributed by atoms with E-state index in [9.17, 15) is 0 Å². The number of benzene rings is 6. The van der Waals surface area contributed by atoms with Gasteiger partial charge in [0.25, 0.3) is 0 Å². The summed E-state index contributed by atoms with van der Waals surface area (Å²) in [6.07, 6.45) is 7.01. The number of aromatic nitrogens is 3. The fourth-order valence-corrected chi connectivity index (χ4v) is 12.5. The second-order valence-corrected chi connectivity index (χ2v) is 17.1. The van der Waals surface area contributed by atoms with Gasteiger partial charge < -0.3 is 0 Å². The standard InChI is InChI=1S/C49H37N3S/c1-2-8-32(9-3-1)46-50-47(33-16-14-31(15-17-33)34-19-21-45-41(27-34)39-11-5-7-13-44(39)53-45)52-48(51-46)35-18-20-43-40(28-35)38-10-4-6-12-42(38)49(43)36-23-29-22-30(25-36)26-37(49)24-29/h1-21,27-30,36-37H,22-26H2. The fraction of sp³-hybridized carbons (Fsp3) is 0.204. The molecule has 2 heterocycles. The van der Waals surface area contributed by atoms with Gasteiger partial charge in [-0.1, -0.05) is 115 Å². The maximum Gasteiger partial charge on any atom is 0.164 e. The number of hydrogen-bond donors (Lipinski definition) is 0. The smallest absolute Gasteiger partial charge is 0.164 e. The number of fused-ring (bicyclic) bond motifs is 6. The molecule has 8 aromatic rings. The molecule has 3 nitrogen and oxygen atoms in total. The lowest BCUT2D eigenvalue weighted by atomic mass is 9.43. The highest BCUT2D eigenvalue weighted by Crippen LogP contribution is 2.69. The molecule has 0 unspecified atom stereocenters. The van der Waals surface area contributed by atoms with Crippen molar-refractivity contribution in [2.75, 3.05) is 0 Å². The van der Waals surface area contributed by atoms with Crippen LogP contribution in [0.1, 0.15) is 43.2 Å². The topological polar surface area (TPSA) is 38.7 Å². The summed E-state index contributed by atoms with van der Waals surface area (Å²) in [6.45, 7) is 0. The molecule has 1 spiro atoms. The minimum absolute atomic E-state index is 0.153. The Balaban J connectivity index is 0.964. The maximum absolute atomic E-state index is 5.21. The second-order valence-electron chi connectivity index (χ2n) is 16.0. The first kappa shape index (κ1) is 30.1. The van der Waals surface area contributed by atoms with E-state index >= 15 is 0 Å². The molecule has 5 aliphatic rings. The van der Waals surface area contributed by atoms with Crippen molar-refractivity contribution < 1.29 is 0 Å². The number of nitrogens with zero attached hydrogens (tertiary/aromatic N) is 3. The molecule has 0 amide bonds. The summed E-state index contributed by atoms with van der Waals surface area (Å²) in [4.78, 5) is 15.4. The predicted molar refractivity (Wildman–Crippen MR) is 218 cm³/mol. The molecule has 0 N–H and O–H groups in total. The van der Waals surface area contributed by atoms with Crippen LogP contribution in [-0.4, -0.2) is 15.0 Å². The summed E-state index contributed by atoms with van der Waals surface area (Å²) in [6, 6.07) is 51.0. The highest BCUT2D eigenvalue weighted by Gasteiger charge is 2.61. The van der Waals surface area contributed by atoms with Gasteiger partial charge in [-0.25, -0.2) is 15.0 Å². The molecule has 4 fully saturated rings. The van der Waals surface area contributed by atoms with Crippen molar-refractivity contribution >= 4 is 31.5 Å². The first-order valence-corrected chi connectivity index (χ1v) is 20.1. The predicted octanol–water partition coefficient (Wildman–Crippen LogP) is 12.6. The summed E-state index contributed by atoms with van der Waals surface area (Å²) in [5.41, 5.74) is 11.5. The van der Waals surface area contributed by atoms with E-state index < -0.39 is 0 Å². The molecule has 6 aromatic carbocycles. The van der Waals surface area contributed by atoms with Crippen LogP contribution in [0.3, 0.4) is 0 Å². The molecule has 0 aliphatic heterocycles. The third kappa shape index (κ3) is 4.42. The van der Waals surface area contributed by atoms with Gasteiger partial charge >= 0.3 is 0 Å². The Hall–Kier alpha value is -5.45. The third-order valence-electron chi connectivity index (χ3n) is 13.3. The summed E-state index contributed by atoms with van der Waals surface area (Å²) < 4.78 is 2.65. The van der Waals surface area contributed by atoms with Gasteiger partial charge in [0.2, 0.25) is 0 Å². The molecule has 254 valence electrons. The van der Waals surface area contributed by atoms with Crippen molar-refractivity contribution in [1.29, 1.82) is 0 Å². The highest BCUT2D eigenvalue weighted by atomic mass is 32.1. The van der Waals surface area contributed by atoms with Crippen LogP contribution in [0.5, 0.6) is 0 Å². The van der Waals surface area contributed by atoms with Gasteiger partial charge in [0.05, 0.1) is 0 Å². The summed E-state index contributed by atoms with van der Waals surface area (Å²) in [7, 11) is 0. The van der Waals surface area contributed by atoms with E-state index in [4.69, 9.17) is 15.0 Å². The Labute approximate surface area is 313 Å². The minimum atomic E-state index is 0.153. The number of rotatable bonds is 4. The van der Waals surface area contributed by atoms with E-state index in [0.29, 0.717) is 11.6 Å². The van der Waals surface area contributed by atoms with E-state index in [1.54, 1.807) is 11.1 Å². The van der Waals surface area contributed by atoms with Crippen LogP contribution in [0, 0.1) is 23.7 Å². The van der Waals surface area contributed by atoms with E-state index in [1.807, 2.05) is 17.4 Å². The van der Waals surface area contributed by atoms with Crippen molar-refractivity contribution in [2.24, 2.45) is 23.7 Å². The van der Waals surface area contributed by atoms with Crippen LogP contribution in [-0.2, 0) is 5.41 Å². The van der Waals surface area contributed by atoms with Gasteiger partial charge in [-0.3, -0.25) is 0 Å². The second kappa shape index (κ2) is 11.3. The van der Waals surface area contributed by atoms with Crippen molar-refractivity contribution in [3.05, 3.63) is 151 Å². The molecule has 13 rings (SSSR count). The lowest BCUT2D eigenvalue weighted by Crippen LogP contribution is -2.55. The van der Waals surface area contributed by atoms with E-state index in [2.05, 4.69) is 133 Å². The first-order chi connectivity index (χ1) is 26.2. The van der Waals surface area contributed by atoms with Crippen molar-refractivity contribution in [2.45, 2.75) is 37.5 Å². The van der Waals surface area contributed by atoms with E-state index in [1.165, 1.54) is 74.5 Å². The van der Waals surface area contributed by atoms with Gasteiger partial charge in [-0.05, 0) is 113 Å². The summed E-state index contributed by atoms with van der Waals surface area (Å²) >= 11 is 1.86. The molecule has 2 aromatic heterocycles. The molecule has 4 bridgehead atoms. The SMILES string of the molecule is c1ccc(-c2nc(-c3ccc(-c4ccc5sc6ccccc6c5c4)cc3)nc(-c3ccc4c(c3)-c3ccccc3C43C4CC5CC(C4)CC3C5)n2)cc1. The monoisotopic (exact) mass is 699 g/mol. The molecule has 0 radical (unpaired) electrons. The van der Waals surface area contributed by atoms with Gasteiger partial charge in [-0.15, -0.1) is 11.3 Å². The zero-order valence-corrected chi connectivity index (χ0v) is 30.2. The van der Waals surface area contributed by atoms with Crippen LogP contribution in [0.2, 0.25) is 0 Å². The Morgan fingerprint density at radius 2 is 0.981 bits per heavy atom. The van der Waals surface area contributed by atoms with Crippen LogP contribution in [0.15, 0.2) is 140 Å². The normalized spacial score (nSPS) is 23.5. The van der Waals surface area contributed by atoms with E-state index in [0.717, 1.165) is 46.2 Å². The van der Waals surface area contributed by atoms with Crippen molar-refractivity contribution in [3.8, 4) is 56.4 Å². The quantitative estimate of drug-likeness (QED) is 0.184. The molecular formula is C49H37N3S. The van der Waals surface area contributed by atoms with Crippen molar-refractivity contribution in [1.82, 2.24) is 15.0 Å². The largest absolute Gasteiger partial charge is 0.208 e. The van der Waals surface area contributed by atoms with Crippen LogP contribution in [0.4, 0.5) is 0 Å².